The van der Waals surface area contributed by atoms with Gasteiger partial charge in [-0.15, -0.1) is 0 Å². The van der Waals surface area contributed by atoms with Crippen LogP contribution in [0, 0.1) is 5.92 Å². The smallest absolute Gasteiger partial charge is 0.0947 e. The van der Waals surface area contributed by atoms with Gasteiger partial charge in [0.05, 0.1) is 12.5 Å². The minimum Gasteiger partial charge on any atom is -0.472 e. The van der Waals surface area contributed by atoms with E-state index >= 15 is 0 Å². The Kier molecular flexibility index (Phi) is 4.46. The first kappa shape index (κ1) is 13.6. The minimum atomic E-state index is 0.185. The summed E-state index contributed by atoms with van der Waals surface area (Å²) in [5.41, 5.74) is 7.60. The zero-order valence-corrected chi connectivity index (χ0v) is 11.7. The minimum absolute atomic E-state index is 0.185. The molecule has 2 atom stereocenters. The number of rotatable bonds is 5. The van der Waals surface area contributed by atoms with Crippen molar-refractivity contribution in [2.24, 2.45) is 11.7 Å². The Labute approximate surface area is 110 Å². The molecule has 0 aromatic carbocycles. The Bertz CT molecular complexity index is 349. The summed E-state index contributed by atoms with van der Waals surface area (Å²) in [6.45, 7) is 4.00. The van der Waals surface area contributed by atoms with Gasteiger partial charge in [-0.3, -0.25) is 4.90 Å². The van der Waals surface area contributed by atoms with Crippen molar-refractivity contribution in [2.45, 2.75) is 51.1 Å². The third kappa shape index (κ3) is 2.47. The number of hydrogen-bond acceptors (Lipinski definition) is 3. The lowest BCUT2D eigenvalue weighted by atomic mass is 9.70. The SMILES string of the molecule is CCC1CCCCC1(CN)N(C)Cc1ccoc1. The van der Waals surface area contributed by atoms with E-state index in [1.165, 1.54) is 37.7 Å². The zero-order valence-electron chi connectivity index (χ0n) is 11.7. The van der Waals surface area contributed by atoms with Gasteiger partial charge in [-0.05, 0) is 31.9 Å². The second-order valence-electron chi connectivity index (χ2n) is 5.65. The molecular formula is C15H26N2O. The molecule has 1 aromatic heterocycles. The molecule has 0 spiro atoms. The molecule has 1 aliphatic rings. The second kappa shape index (κ2) is 5.89. The van der Waals surface area contributed by atoms with Crippen LogP contribution < -0.4 is 5.73 Å². The van der Waals surface area contributed by atoms with E-state index in [1.807, 2.05) is 12.3 Å². The highest BCUT2D eigenvalue weighted by Gasteiger charge is 2.41. The molecule has 0 bridgehead atoms. The zero-order chi connectivity index (χ0) is 13.0. The first-order valence-electron chi connectivity index (χ1n) is 7.15. The van der Waals surface area contributed by atoms with E-state index in [1.54, 1.807) is 6.26 Å². The molecule has 18 heavy (non-hydrogen) atoms. The van der Waals surface area contributed by atoms with Gasteiger partial charge in [0.25, 0.3) is 0 Å². The Hall–Kier alpha value is -0.800. The van der Waals surface area contributed by atoms with Crippen molar-refractivity contribution < 1.29 is 4.42 Å². The van der Waals surface area contributed by atoms with Crippen LogP contribution in [-0.2, 0) is 6.54 Å². The number of nitrogens with zero attached hydrogens (tertiary/aromatic N) is 1. The summed E-state index contributed by atoms with van der Waals surface area (Å²) in [6, 6.07) is 2.05. The van der Waals surface area contributed by atoms with E-state index < -0.39 is 0 Å². The maximum absolute atomic E-state index is 6.17. The molecule has 3 nitrogen and oxygen atoms in total. The van der Waals surface area contributed by atoms with Crippen molar-refractivity contribution in [3.05, 3.63) is 24.2 Å². The molecule has 1 aromatic rings. The Morgan fingerprint density at radius 2 is 2.33 bits per heavy atom. The molecule has 1 aliphatic carbocycles. The first-order chi connectivity index (χ1) is 8.73. The van der Waals surface area contributed by atoms with Crippen molar-refractivity contribution >= 4 is 0 Å². The Morgan fingerprint density at radius 1 is 1.50 bits per heavy atom. The maximum Gasteiger partial charge on any atom is 0.0947 e. The van der Waals surface area contributed by atoms with Crippen LogP contribution in [0.1, 0.15) is 44.6 Å². The summed E-state index contributed by atoms with van der Waals surface area (Å²) in [6.07, 6.45) is 10.0. The highest BCUT2D eigenvalue weighted by molar-refractivity contribution is 5.08. The molecule has 1 heterocycles. The number of likely N-dealkylation sites (N-methyl/N-ethyl adjacent to an activating group) is 1. The molecule has 1 saturated carbocycles. The fraction of sp³-hybridized carbons (Fsp3) is 0.733. The highest BCUT2D eigenvalue weighted by atomic mass is 16.3. The standard InChI is InChI=1S/C15H26N2O/c1-3-14-6-4-5-8-15(14,12-16)17(2)10-13-7-9-18-11-13/h7,9,11,14H,3-6,8,10,12,16H2,1-2H3. The summed E-state index contributed by atoms with van der Waals surface area (Å²) in [5.74, 6) is 0.730. The summed E-state index contributed by atoms with van der Waals surface area (Å²) < 4.78 is 5.16. The molecule has 1 fully saturated rings. The quantitative estimate of drug-likeness (QED) is 0.873. The van der Waals surface area contributed by atoms with E-state index in [0.717, 1.165) is 19.0 Å². The van der Waals surface area contributed by atoms with E-state index in [0.29, 0.717) is 0 Å². The van der Waals surface area contributed by atoms with Crippen LogP contribution in [0.2, 0.25) is 0 Å². The molecule has 2 rings (SSSR count). The topological polar surface area (TPSA) is 42.4 Å². The normalized spacial score (nSPS) is 28.8. The molecule has 102 valence electrons. The van der Waals surface area contributed by atoms with Crippen molar-refractivity contribution in [3.8, 4) is 0 Å². The predicted molar refractivity (Wildman–Crippen MR) is 74.2 cm³/mol. The maximum atomic E-state index is 6.17. The van der Waals surface area contributed by atoms with Crippen LogP contribution in [0.15, 0.2) is 23.0 Å². The van der Waals surface area contributed by atoms with Gasteiger partial charge < -0.3 is 10.2 Å². The van der Waals surface area contributed by atoms with E-state index in [9.17, 15) is 0 Å². The summed E-state index contributed by atoms with van der Waals surface area (Å²) >= 11 is 0. The molecule has 0 radical (unpaired) electrons. The molecule has 2 N–H and O–H groups in total. The van der Waals surface area contributed by atoms with Gasteiger partial charge in [-0.1, -0.05) is 26.2 Å². The molecule has 3 heteroatoms. The highest BCUT2D eigenvalue weighted by Crippen LogP contribution is 2.39. The van der Waals surface area contributed by atoms with Gasteiger partial charge in [0, 0.05) is 24.2 Å². The summed E-state index contributed by atoms with van der Waals surface area (Å²) in [7, 11) is 2.22. The fourth-order valence-corrected chi connectivity index (χ4v) is 3.62. The Balaban J connectivity index is 2.13. The number of furan rings is 1. The van der Waals surface area contributed by atoms with Gasteiger partial charge in [0.2, 0.25) is 0 Å². The van der Waals surface area contributed by atoms with Gasteiger partial charge in [0.15, 0.2) is 0 Å². The van der Waals surface area contributed by atoms with Crippen molar-refractivity contribution in [1.29, 1.82) is 0 Å². The van der Waals surface area contributed by atoms with Gasteiger partial charge >= 0.3 is 0 Å². The van der Waals surface area contributed by atoms with E-state index in [-0.39, 0.29) is 5.54 Å². The van der Waals surface area contributed by atoms with Crippen LogP contribution in [-0.4, -0.2) is 24.0 Å². The van der Waals surface area contributed by atoms with Crippen LogP contribution in [0.25, 0.3) is 0 Å². The van der Waals surface area contributed by atoms with E-state index in [2.05, 4.69) is 18.9 Å². The molecule has 0 saturated heterocycles. The van der Waals surface area contributed by atoms with Crippen LogP contribution in [0.3, 0.4) is 0 Å². The second-order valence-corrected chi connectivity index (χ2v) is 5.65. The largest absolute Gasteiger partial charge is 0.472 e. The molecular weight excluding hydrogens is 224 g/mol. The summed E-state index contributed by atoms with van der Waals surface area (Å²) in [5, 5.41) is 0. The van der Waals surface area contributed by atoms with Gasteiger partial charge in [-0.25, -0.2) is 0 Å². The van der Waals surface area contributed by atoms with Crippen molar-refractivity contribution in [1.82, 2.24) is 4.90 Å². The Morgan fingerprint density at radius 3 is 2.94 bits per heavy atom. The molecule has 2 unspecified atom stereocenters. The van der Waals surface area contributed by atoms with Gasteiger partial charge in [0.1, 0.15) is 0 Å². The van der Waals surface area contributed by atoms with Crippen LogP contribution >= 0.6 is 0 Å². The van der Waals surface area contributed by atoms with Crippen LogP contribution in [0.4, 0.5) is 0 Å². The monoisotopic (exact) mass is 250 g/mol. The summed E-state index contributed by atoms with van der Waals surface area (Å²) in [4.78, 5) is 2.46. The van der Waals surface area contributed by atoms with E-state index in [4.69, 9.17) is 10.2 Å². The number of hydrogen-bond donors (Lipinski definition) is 1. The fourth-order valence-electron chi connectivity index (χ4n) is 3.62. The van der Waals surface area contributed by atoms with Crippen molar-refractivity contribution in [2.75, 3.05) is 13.6 Å². The van der Waals surface area contributed by atoms with Crippen molar-refractivity contribution in [3.63, 3.8) is 0 Å². The lowest BCUT2D eigenvalue weighted by Crippen LogP contribution is -2.58. The third-order valence-corrected chi connectivity index (χ3v) is 4.78. The molecule has 0 aliphatic heterocycles. The van der Waals surface area contributed by atoms with Gasteiger partial charge in [-0.2, -0.15) is 0 Å². The number of nitrogens with two attached hydrogens (primary N) is 1. The predicted octanol–water partition coefficient (Wildman–Crippen LogP) is 3.01. The third-order valence-electron chi connectivity index (χ3n) is 4.78. The molecule has 0 amide bonds. The lowest BCUT2D eigenvalue weighted by molar-refractivity contribution is 0.0176. The average molecular weight is 250 g/mol. The van der Waals surface area contributed by atoms with Crippen LogP contribution in [0.5, 0.6) is 0 Å². The first-order valence-corrected chi connectivity index (χ1v) is 7.15. The average Bonchev–Trinajstić information content (AvgIpc) is 2.91. The lowest BCUT2D eigenvalue weighted by Gasteiger charge is -2.49.